The van der Waals surface area contributed by atoms with Crippen LogP contribution in [0.2, 0.25) is 5.02 Å². The quantitative estimate of drug-likeness (QED) is 0.555. The predicted molar refractivity (Wildman–Crippen MR) is 110 cm³/mol. The van der Waals surface area contributed by atoms with Crippen LogP contribution >= 0.6 is 11.6 Å². The summed E-state index contributed by atoms with van der Waals surface area (Å²) >= 11 is 6.01. The molecule has 8 heteroatoms. The van der Waals surface area contributed by atoms with Gasteiger partial charge in [-0.1, -0.05) is 23.7 Å². The molecule has 3 aromatic rings. The van der Waals surface area contributed by atoms with Crippen molar-refractivity contribution < 1.29 is 4.79 Å². The molecule has 0 aliphatic rings. The van der Waals surface area contributed by atoms with E-state index in [0.717, 1.165) is 5.56 Å². The Morgan fingerprint density at radius 2 is 1.93 bits per heavy atom. The number of hydrogen-bond donors (Lipinski definition) is 3. The molecule has 0 unspecified atom stereocenters. The molecular weight excluding hydrogens is 378 g/mol. The average Bonchev–Trinajstić information content (AvgIpc) is 2.69. The zero-order chi connectivity index (χ0) is 20.1. The molecule has 7 nitrogen and oxygen atoms in total. The van der Waals surface area contributed by atoms with E-state index in [-0.39, 0.29) is 11.5 Å². The zero-order valence-electron chi connectivity index (χ0n) is 15.5. The van der Waals surface area contributed by atoms with Crippen LogP contribution in [-0.4, -0.2) is 33.9 Å². The Morgan fingerprint density at radius 3 is 2.61 bits per heavy atom. The third kappa shape index (κ3) is 4.55. The van der Waals surface area contributed by atoms with E-state index in [2.05, 4.69) is 25.6 Å². The fourth-order valence-electron chi connectivity index (χ4n) is 2.53. The smallest absolute Gasteiger partial charge is 0.254 e. The number of benzene rings is 1. The number of aromatic amines is 1. The van der Waals surface area contributed by atoms with Crippen LogP contribution in [0.15, 0.2) is 47.4 Å². The standard InChI is InChI=1S/C20H20ClN5O2/c1-12-13(2)25-18(26-19(12)27)14-7-8-17(24-11-14)22-9-10-23-20(28)15-5-3-4-6-16(15)21/h3-8,11H,9-10H2,1-2H3,(H,22,24)(H,23,28)(H,25,26,27). The van der Waals surface area contributed by atoms with E-state index in [1.54, 1.807) is 50.4 Å². The largest absolute Gasteiger partial charge is 0.368 e. The van der Waals surface area contributed by atoms with Gasteiger partial charge < -0.3 is 15.6 Å². The number of halogens is 1. The molecule has 0 saturated heterocycles. The number of aryl methyl sites for hydroxylation is 1. The summed E-state index contributed by atoms with van der Waals surface area (Å²) < 4.78 is 0. The van der Waals surface area contributed by atoms with Gasteiger partial charge in [-0.15, -0.1) is 0 Å². The molecule has 3 rings (SSSR count). The number of carbonyl (C=O) groups is 1. The fraction of sp³-hybridized carbons (Fsp3) is 0.200. The minimum absolute atomic E-state index is 0.154. The van der Waals surface area contributed by atoms with Crippen LogP contribution in [0, 0.1) is 13.8 Å². The van der Waals surface area contributed by atoms with E-state index >= 15 is 0 Å². The highest BCUT2D eigenvalue weighted by molar-refractivity contribution is 6.33. The summed E-state index contributed by atoms with van der Waals surface area (Å²) in [6.45, 7) is 4.45. The van der Waals surface area contributed by atoms with Crippen molar-refractivity contribution in [3.05, 3.63) is 74.8 Å². The van der Waals surface area contributed by atoms with Gasteiger partial charge >= 0.3 is 0 Å². The Hall–Kier alpha value is -3.19. The van der Waals surface area contributed by atoms with Crippen LogP contribution < -0.4 is 16.2 Å². The van der Waals surface area contributed by atoms with Gasteiger partial charge in [-0.2, -0.15) is 0 Å². The van der Waals surface area contributed by atoms with Crippen molar-refractivity contribution in [3.8, 4) is 11.4 Å². The van der Waals surface area contributed by atoms with Crippen molar-refractivity contribution in [2.75, 3.05) is 18.4 Å². The van der Waals surface area contributed by atoms with Gasteiger partial charge in [-0.05, 0) is 38.1 Å². The van der Waals surface area contributed by atoms with Crippen molar-refractivity contribution in [2.24, 2.45) is 0 Å². The van der Waals surface area contributed by atoms with Gasteiger partial charge in [-0.25, -0.2) is 9.97 Å². The number of carbonyl (C=O) groups excluding carboxylic acids is 1. The average molecular weight is 398 g/mol. The molecule has 0 aliphatic carbocycles. The Labute approximate surface area is 167 Å². The first-order chi connectivity index (χ1) is 13.5. The number of nitrogens with one attached hydrogen (secondary N) is 3. The first-order valence-electron chi connectivity index (χ1n) is 8.76. The first-order valence-corrected chi connectivity index (χ1v) is 9.14. The normalized spacial score (nSPS) is 10.5. The zero-order valence-corrected chi connectivity index (χ0v) is 16.3. The summed E-state index contributed by atoms with van der Waals surface area (Å²) in [6.07, 6.45) is 1.64. The number of pyridine rings is 1. The van der Waals surface area contributed by atoms with Gasteiger partial charge in [0.2, 0.25) is 0 Å². The molecule has 0 spiro atoms. The molecule has 144 valence electrons. The molecule has 0 aliphatic heterocycles. The first kappa shape index (κ1) is 19.6. The molecule has 0 saturated carbocycles. The molecule has 0 atom stereocenters. The lowest BCUT2D eigenvalue weighted by atomic mass is 10.2. The van der Waals surface area contributed by atoms with E-state index < -0.39 is 0 Å². The van der Waals surface area contributed by atoms with Crippen LogP contribution in [-0.2, 0) is 0 Å². The number of rotatable bonds is 6. The summed E-state index contributed by atoms with van der Waals surface area (Å²) in [4.78, 5) is 35.4. The number of nitrogens with zero attached hydrogens (tertiary/aromatic N) is 2. The van der Waals surface area contributed by atoms with Crippen molar-refractivity contribution in [2.45, 2.75) is 13.8 Å². The van der Waals surface area contributed by atoms with E-state index in [1.165, 1.54) is 0 Å². The number of amides is 1. The monoisotopic (exact) mass is 397 g/mol. The van der Waals surface area contributed by atoms with Crippen LogP contribution in [0.5, 0.6) is 0 Å². The Morgan fingerprint density at radius 1 is 1.14 bits per heavy atom. The van der Waals surface area contributed by atoms with Crippen LogP contribution in [0.1, 0.15) is 21.6 Å². The van der Waals surface area contributed by atoms with Gasteiger partial charge in [0.25, 0.3) is 11.5 Å². The molecular formula is C20H20ClN5O2. The highest BCUT2D eigenvalue weighted by Crippen LogP contribution is 2.16. The summed E-state index contributed by atoms with van der Waals surface area (Å²) in [5.74, 6) is 0.918. The second-order valence-electron chi connectivity index (χ2n) is 6.22. The summed E-state index contributed by atoms with van der Waals surface area (Å²) in [7, 11) is 0. The van der Waals surface area contributed by atoms with E-state index in [1.807, 2.05) is 6.07 Å². The second-order valence-corrected chi connectivity index (χ2v) is 6.63. The van der Waals surface area contributed by atoms with Crippen molar-refractivity contribution in [3.63, 3.8) is 0 Å². The molecule has 0 radical (unpaired) electrons. The Bertz CT molecular complexity index is 1050. The van der Waals surface area contributed by atoms with Crippen molar-refractivity contribution >= 4 is 23.3 Å². The molecule has 28 heavy (non-hydrogen) atoms. The maximum Gasteiger partial charge on any atom is 0.254 e. The van der Waals surface area contributed by atoms with E-state index in [0.29, 0.717) is 46.6 Å². The van der Waals surface area contributed by atoms with Gasteiger partial charge in [0.1, 0.15) is 11.6 Å². The summed E-state index contributed by atoms with van der Waals surface area (Å²) in [5, 5.41) is 6.35. The molecule has 2 aromatic heterocycles. The Balaban J connectivity index is 1.54. The summed E-state index contributed by atoms with van der Waals surface area (Å²) in [6, 6.07) is 10.5. The molecule has 1 aromatic carbocycles. The minimum atomic E-state index is -0.222. The highest BCUT2D eigenvalue weighted by atomic mass is 35.5. The number of H-pyrrole nitrogens is 1. The van der Waals surface area contributed by atoms with Crippen LogP contribution in [0.4, 0.5) is 5.82 Å². The van der Waals surface area contributed by atoms with Crippen LogP contribution in [0.25, 0.3) is 11.4 Å². The lowest BCUT2D eigenvalue weighted by Gasteiger charge is -2.09. The summed E-state index contributed by atoms with van der Waals surface area (Å²) in [5.41, 5.74) is 2.31. The number of aromatic nitrogens is 3. The number of anilines is 1. The lowest BCUT2D eigenvalue weighted by Crippen LogP contribution is -2.29. The maximum absolute atomic E-state index is 12.1. The van der Waals surface area contributed by atoms with Gasteiger partial charge in [-0.3, -0.25) is 9.59 Å². The highest BCUT2D eigenvalue weighted by Gasteiger charge is 2.09. The molecule has 1 amide bonds. The van der Waals surface area contributed by atoms with Gasteiger partial charge in [0, 0.05) is 36.1 Å². The van der Waals surface area contributed by atoms with E-state index in [4.69, 9.17) is 11.6 Å². The lowest BCUT2D eigenvalue weighted by molar-refractivity contribution is 0.0955. The molecule has 3 N–H and O–H groups in total. The predicted octanol–water partition coefficient (Wildman–Crippen LogP) is 2.94. The molecule has 0 fully saturated rings. The third-order valence-corrected chi connectivity index (χ3v) is 4.60. The molecule has 2 heterocycles. The van der Waals surface area contributed by atoms with Gasteiger partial charge in [0.15, 0.2) is 0 Å². The fourth-order valence-corrected chi connectivity index (χ4v) is 2.75. The van der Waals surface area contributed by atoms with Crippen molar-refractivity contribution in [1.82, 2.24) is 20.3 Å². The van der Waals surface area contributed by atoms with Crippen LogP contribution in [0.3, 0.4) is 0 Å². The van der Waals surface area contributed by atoms with E-state index in [9.17, 15) is 9.59 Å². The second kappa shape index (κ2) is 8.67. The molecule has 0 bridgehead atoms. The topological polar surface area (TPSA) is 99.8 Å². The van der Waals surface area contributed by atoms with Gasteiger partial charge in [0.05, 0.1) is 10.6 Å². The maximum atomic E-state index is 12.1. The number of hydrogen-bond acceptors (Lipinski definition) is 5. The third-order valence-electron chi connectivity index (χ3n) is 4.27. The van der Waals surface area contributed by atoms with Crippen molar-refractivity contribution in [1.29, 1.82) is 0 Å². The minimum Gasteiger partial charge on any atom is -0.368 e. The Kier molecular flexibility index (Phi) is 6.06. The SMILES string of the molecule is Cc1nc(-c2ccc(NCCNC(=O)c3ccccc3Cl)nc2)[nH]c(=O)c1C.